The van der Waals surface area contributed by atoms with Gasteiger partial charge in [-0.2, -0.15) is 0 Å². The van der Waals surface area contributed by atoms with Crippen molar-refractivity contribution in [2.45, 2.75) is 0 Å². The Morgan fingerprint density at radius 3 is 2.11 bits per heavy atom. The summed E-state index contributed by atoms with van der Waals surface area (Å²) in [7, 11) is 6.20. The van der Waals surface area contributed by atoms with Crippen LogP contribution in [-0.2, 0) is 9.53 Å². The van der Waals surface area contributed by atoms with Crippen LogP contribution in [0.15, 0.2) is 47.1 Å². The third kappa shape index (κ3) is 3.87. The first kappa shape index (κ1) is 18.3. The highest BCUT2D eigenvalue weighted by Gasteiger charge is 2.25. The van der Waals surface area contributed by atoms with E-state index >= 15 is 0 Å². The molecule has 140 valence electrons. The van der Waals surface area contributed by atoms with Crippen LogP contribution >= 0.6 is 0 Å². The summed E-state index contributed by atoms with van der Waals surface area (Å²) < 4.78 is 26.3. The van der Waals surface area contributed by atoms with Gasteiger partial charge >= 0.3 is 5.97 Å². The van der Waals surface area contributed by atoms with Crippen LogP contribution in [0.2, 0.25) is 0 Å². The summed E-state index contributed by atoms with van der Waals surface area (Å²) in [5.74, 6) is 1.96. The topological polar surface area (TPSA) is 75.6 Å². The number of hydrogen-bond donors (Lipinski definition) is 0. The van der Waals surface area contributed by atoms with Gasteiger partial charge in [0.2, 0.25) is 5.90 Å². The molecule has 0 bridgehead atoms. The number of esters is 1. The van der Waals surface area contributed by atoms with Crippen molar-refractivity contribution < 1.29 is 28.5 Å². The SMILES string of the molecule is COc1cc(/C=C2/N=C(c3ccc(OC)c(OC)c3)OC2=O)cc(OC)c1. The van der Waals surface area contributed by atoms with Gasteiger partial charge in [0.05, 0.1) is 28.4 Å². The largest absolute Gasteiger partial charge is 0.497 e. The minimum absolute atomic E-state index is 0.176. The lowest BCUT2D eigenvalue weighted by Gasteiger charge is -2.08. The molecule has 0 saturated carbocycles. The first-order chi connectivity index (χ1) is 13.1. The number of cyclic esters (lactones) is 1. The maximum atomic E-state index is 12.2. The molecule has 0 saturated heterocycles. The summed E-state index contributed by atoms with van der Waals surface area (Å²) in [5, 5.41) is 0. The molecular formula is C20H19NO6. The van der Waals surface area contributed by atoms with Crippen molar-refractivity contribution in [3.8, 4) is 23.0 Å². The first-order valence-electron chi connectivity index (χ1n) is 8.06. The molecule has 2 aromatic rings. The van der Waals surface area contributed by atoms with Gasteiger partial charge in [0.1, 0.15) is 11.5 Å². The zero-order valence-electron chi connectivity index (χ0n) is 15.4. The average molecular weight is 369 g/mol. The summed E-state index contributed by atoms with van der Waals surface area (Å²) in [6.45, 7) is 0. The van der Waals surface area contributed by atoms with Gasteiger partial charge in [-0.1, -0.05) is 0 Å². The molecule has 0 N–H and O–H groups in total. The molecule has 0 unspecified atom stereocenters. The molecule has 0 radical (unpaired) electrons. The molecule has 3 rings (SSSR count). The number of ether oxygens (including phenoxy) is 5. The van der Waals surface area contributed by atoms with Crippen LogP contribution in [0.5, 0.6) is 23.0 Å². The Kier molecular flexibility index (Phi) is 5.30. The Bertz CT molecular complexity index is 910. The van der Waals surface area contributed by atoms with Gasteiger partial charge in [0.15, 0.2) is 17.2 Å². The van der Waals surface area contributed by atoms with Crippen LogP contribution in [0, 0.1) is 0 Å². The lowest BCUT2D eigenvalue weighted by Crippen LogP contribution is -2.06. The van der Waals surface area contributed by atoms with Gasteiger partial charge < -0.3 is 23.7 Å². The van der Waals surface area contributed by atoms with Gasteiger partial charge in [-0.25, -0.2) is 9.79 Å². The fourth-order valence-corrected chi connectivity index (χ4v) is 2.57. The van der Waals surface area contributed by atoms with Crippen molar-refractivity contribution in [2.24, 2.45) is 4.99 Å². The highest BCUT2D eigenvalue weighted by Crippen LogP contribution is 2.30. The van der Waals surface area contributed by atoms with Crippen molar-refractivity contribution in [1.29, 1.82) is 0 Å². The quantitative estimate of drug-likeness (QED) is 0.575. The first-order valence-corrected chi connectivity index (χ1v) is 8.06. The van der Waals surface area contributed by atoms with Crippen molar-refractivity contribution in [1.82, 2.24) is 0 Å². The van der Waals surface area contributed by atoms with Crippen LogP contribution in [0.3, 0.4) is 0 Å². The molecule has 0 aromatic heterocycles. The van der Waals surface area contributed by atoms with E-state index in [4.69, 9.17) is 23.7 Å². The van der Waals surface area contributed by atoms with E-state index in [0.29, 0.717) is 34.1 Å². The number of benzene rings is 2. The second-order valence-electron chi connectivity index (χ2n) is 5.55. The fourth-order valence-electron chi connectivity index (χ4n) is 2.57. The van der Waals surface area contributed by atoms with Crippen LogP contribution in [0.25, 0.3) is 6.08 Å². The molecule has 27 heavy (non-hydrogen) atoms. The molecule has 0 atom stereocenters. The molecule has 1 aliphatic rings. The van der Waals surface area contributed by atoms with E-state index in [1.165, 1.54) is 7.11 Å². The Hall–Kier alpha value is -3.48. The summed E-state index contributed by atoms with van der Waals surface area (Å²) in [4.78, 5) is 16.5. The Labute approximate surface area is 156 Å². The summed E-state index contributed by atoms with van der Waals surface area (Å²) >= 11 is 0. The van der Waals surface area contributed by atoms with Crippen molar-refractivity contribution in [3.63, 3.8) is 0 Å². The van der Waals surface area contributed by atoms with Gasteiger partial charge in [-0.3, -0.25) is 0 Å². The number of aliphatic imine (C=N–C) groups is 1. The summed E-state index contributed by atoms with van der Waals surface area (Å²) in [6, 6.07) is 10.4. The average Bonchev–Trinajstić information content (AvgIpc) is 3.07. The monoisotopic (exact) mass is 369 g/mol. The molecule has 2 aromatic carbocycles. The maximum Gasteiger partial charge on any atom is 0.363 e. The van der Waals surface area contributed by atoms with Crippen LogP contribution < -0.4 is 18.9 Å². The van der Waals surface area contributed by atoms with Crippen molar-refractivity contribution in [3.05, 3.63) is 53.2 Å². The second kappa shape index (κ2) is 7.82. The molecule has 7 nitrogen and oxygen atoms in total. The number of nitrogens with zero attached hydrogens (tertiary/aromatic N) is 1. The fraction of sp³-hybridized carbons (Fsp3) is 0.200. The standard InChI is InChI=1S/C20H19NO6/c1-23-14-7-12(8-15(11-14)24-2)9-16-20(22)27-19(21-16)13-5-6-17(25-3)18(10-13)26-4/h5-11H,1-4H3/b16-9+. The smallest absolute Gasteiger partial charge is 0.363 e. The van der Waals surface area contributed by atoms with Crippen LogP contribution in [0.4, 0.5) is 0 Å². The molecule has 1 heterocycles. The third-order valence-corrected chi connectivity index (χ3v) is 3.93. The predicted molar refractivity (Wildman–Crippen MR) is 99.7 cm³/mol. The van der Waals surface area contributed by atoms with E-state index in [2.05, 4.69) is 4.99 Å². The van der Waals surface area contributed by atoms with Gasteiger partial charge in [-0.15, -0.1) is 0 Å². The van der Waals surface area contributed by atoms with E-state index < -0.39 is 5.97 Å². The Morgan fingerprint density at radius 2 is 1.52 bits per heavy atom. The summed E-state index contributed by atoms with van der Waals surface area (Å²) in [5.41, 5.74) is 1.48. The third-order valence-electron chi connectivity index (χ3n) is 3.93. The minimum Gasteiger partial charge on any atom is -0.497 e. The lowest BCUT2D eigenvalue weighted by atomic mass is 10.1. The lowest BCUT2D eigenvalue weighted by molar-refractivity contribution is -0.129. The molecule has 0 aliphatic carbocycles. The molecule has 7 heteroatoms. The molecule has 0 fully saturated rings. The van der Waals surface area contributed by atoms with Crippen molar-refractivity contribution >= 4 is 17.9 Å². The number of rotatable bonds is 6. The van der Waals surface area contributed by atoms with E-state index in [-0.39, 0.29) is 11.6 Å². The number of methoxy groups -OCH3 is 4. The van der Waals surface area contributed by atoms with Gasteiger partial charge in [-0.05, 0) is 42.0 Å². The normalized spacial score (nSPS) is 14.6. The molecule has 0 spiro atoms. The maximum absolute atomic E-state index is 12.2. The second-order valence-corrected chi connectivity index (χ2v) is 5.55. The van der Waals surface area contributed by atoms with Crippen LogP contribution in [-0.4, -0.2) is 40.3 Å². The van der Waals surface area contributed by atoms with Crippen molar-refractivity contribution in [2.75, 3.05) is 28.4 Å². The molecular weight excluding hydrogens is 350 g/mol. The predicted octanol–water partition coefficient (Wildman–Crippen LogP) is 3.07. The van der Waals surface area contributed by atoms with E-state index in [0.717, 1.165) is 0 Å². The van der Waals surface area contributed by atoms with E-state index in [1.807, 2.05) is 0 Å². The van der Waals surface area contributed by atoms with Crippen LogP contribution in [0.1, 0.15) is 11.1 Å². The highest BCUT2D eigenvalue weighted by molar-refractivity contribution is 6.13. The minimum atomic E-state index is -0.540. The summed E-state index contributed by atoms with van der Waals surface area (Å²) in [6.07, 6.45) is 1.61. The number of hydrogen-bond acceptors (Lipinski definition) is 7. The Balaban J connectivity index is 1.96. The number of carbonyl (C=O) groups excluding carboxylic acids is 1. The molecule has 0 amide bonds. The van der Waals surface area contributed by atoms with E-state index in [9.17, 15) is 4.79 Å². The van der Waals surface area contributed by atoms with Gasteiger partial charge in [0.25, 0.3) is 0 Å². The zero-order valence-corrected chi connectivity index (χ0v) is 15.4. The highest BCUT2D eigenvalue weighted by atomic mass is 16.6. The van der Waals surface area contributed by atoms with E-state index in [1.54, 1.807) is 63.8 Å². The number of carbonyl (C=O) groups is 1. The molecule has 1 aliphatic heterocycles. The van der Waals surface area contributed by atoms with Gasteiger partial charge in [0, 0.05) is 11.6 Å². The zero-order chi connectivity index (χ0) is 19.4. The Morgan fingerprint density at radius 1 is 0.852 bits per heavy atom.